The minimum absolute atomic E-state index is 0.0138. The van der Waals surface area contributed by atoms with Crippen molar-refractivity contribution in [1.82, 2.24) is 4.90 Å². The summed E-state index contributed by atoms with van der Waals surface area (Å²) in [5.74, 6) is 0.391. The number of nitrogens with zero attached hydrogens (tertiary/aromatic N) is 2. The Morgan fingerprint density at radius 2 is 2.25 bits per heavy atom. The van der Waals surface area contributed by atoms with Crippen molar-refractivity contribution in [3.63, 3.8) is 0 Å². The summed E-state index contributed by atoms with van der Waals surface area (Å²) in [6, 6.07) is 9.37. The molecule has 5 nitrogen and oxygen atoms in total. The fourth-order valence-electron chi connectivity index (χ4n) is 2.95. The highest BCUT2D eigenvalue weighted by molar-refractivity contribution is 7.07. The Labute approximate surface area is 145 Å². The maximum atomic E-state index is 12.6. The van der Waals surface area contributed by atoms with Gasteiger partial charge in [-0.2, -0.15) is 11.3 Å². The average molecular weight is 344 g/mol. The molecular formula is C18H20N2O3S. The molecule has 1 unspecified atom stereocenters. The third-order valence-corrected chi connectivity index (χ3v) is 4.95. The van der Waals surface area contributed by atoms with Gasteiger partial charge in [0.05, 0.1) is 13.0 Å². The summed E-state index contributed by atoms with van der Waals surface area (Å²) in [5, 5.41) is 4.03. The van der Waals surface area contributed by atoms with Crippen LogP contribution in [-0.4, -0.2) is 37.4 Å². The van der Waals surface area contributed by atoms with E-state index in [-0.39, 0.29) is 24.2 Å². The van der Waals surface area contributed by atoms with Crippen LogP contribution in [-0.2, 0) is 16.1 Å². The normalized spacial score (nSPS) is 17.2. The van der Waals surface area contributed by atoms with Crippen LogP contribution in [0.5, 0.6) is 5.75 Å². The lowest BCUT2D eigenvalue weighted by Gasteiger charge is -2.21. The van der Waals surface area contributed by atoms with Gasteiger partial charge in [-0.05, 0) is 34.5 Å². The van der Waals surface area contributed by atoms with Gasteiger partial charge in [-0.25, -0.2) is 0 Å². The molecule has 0 aliphatic carbocycles. The van der Waals surface area contributed by atoms with Crippen molar-refractivity contribution < 1.29 is 14.3 Å². The van der Waals surface area contributed by atoms with Crippen LogP contribution in [0.3, 0.4) is 0 Å². The van der Waals surface area contributed by atoms with E-state index in [1.165, 1.54) is 0 Å². The maximum Gasteiger partial charge on any atom is 0.228 e. The van der Waals surface area contributed by atoms with Gasteiger partial charge in [0.15, 0.2) is 0 Å². The molecule has 0 spiro atoms. The molecule has 2 amide bonds. The minimum Gasteiger partial charge on any atom is -0.497 e. The summed E-state index contributed by atoms with van der Waals surface area (Å²) < 4.78 is 5.21. The minimum atomic E-state index is -0.299. The highest BCUT2D eigenvalue weighted by Crippen LogP contribution is 2.28. The molecule has 0 radical (unpaired) electrons. The van der Waals surface area contributed by atoms with Gasteiger partial charge in [0, 0.05) is 38.3 Å². The van der Waals surface area contributed by atoms with Gasteiger partial charge in [-0.15, -0.1) is 0 Å². The molecule has 1 atom stereocenters. The van der Waals surface area contributed by atoms with Crippen LogP contribution in [0, 0.1) is 5.92 Å². The van der Waals surface area contributed by atoms with E-state index in [0.29, 0.717) is 18.8 Å². The molecule has 0 bridgehead atoms. The Kier molecular flexibility index (Phi) is 4.85. The highest BCUT2D eigenvalue weighted by Gasteiger charge is 2.36. The zero-order chi connectivity index (χ0) is 17.1. The smallest absolute Gasteiger partial charge is 0.228 e. The Morgan fingerprint density at radius 3 is 2.96 bits per heavy atom. The summed E-state index contributed by atoms with van der Waals surface area (Å²) in [7, 11) is 3.38. The maximum absolute atomic E-state index is 12.6. The second-order valence-corrected chi connectivity index (χ2v) is 6.71. The molecule has 24 heavy (non-hydrogen) atoms. The van der Waals surface area contributed by atoms with Crippen molar-refractivity contribution in [2.24, 2.45) is 5.92 Å². The lowest BCUT2D eigenvalue weighted by molar-refractivity contribution is -0.135. The number of thiophene rings is 1. The van der Waals surface area contributed by atoms with Crippen molar-refractivity contribution >= 4 is 28.8 Å². The zero-order valence-electron chi connectivity index (χ0n) is 13.8. The number of ether oxygens (including phenoxy) is 1. The summed E-state index contributed by atoms with van der Waals surface area (Å²) in [5.41, 5.74) is 1.89. The fraction of sp³-hybridized carbons (Fsp3) is 0.333. The predicted octanol–water partition coefficient (Wildman–Crippen LogP) is 2.77. The van der Waals surface area contributed by atoms with Gasteiger partial charge >= 0.3 is 0 Å². The largest absolute Gasteiger partial charge is 0.497 e. The molecule has 1 aromatic heterocycles. The Morgan fingerprint density at radius 1 is 1.42 bits per heavy atom. The Hall–Kier alpha value is -2.34. The van der Waals surface area contributed by atoms with Crippen LogP contribution in [0.25, 0.3) is 0 Å². The van der Waals surface area contributed by atoms with Crippen molar-refractivity contribution in [1.29, 1.82) is 0 Å². The Balaban J connectivity index is 1.68. The van der Waals surface area contributed by atoms with Crippen LogP contribution in [0.4, 0.5) is 5.69 Å². The molecule has 1 saturated heterocycles. The number of carbonyl (C=O) groups excluding carboxylic acids is 2. The number of methoxy groups -OCH3 is 1. The highest BCUT2D eigenvalue weighted by atomic mass is 32.1. The molecule has 2 heterocycles. The molecular weight excluding hydrogens is 324 g/mol. The number of benzene rings is 1. The number of hydrogen-bond donors (Lipinski definition) is 0. The van der Waals surface area contributed by atoms with Gasteiger partial charge in [0.1, 0.15) is 5.75 Å². The SMILES string of the molecule is COc1cccc(N2CC(C(=O)N(C)Cc3ccsc3)CC2=O)c1. The molecule has 126 valence electrons. The van der Waals surface area contributed by atoms with E-state index in [4.69, 9.17) is 4.74 Å². The lowest BCUT2D eigenvalue weighted by atomic mass is 10.1. The van der Waals surface area contributed by atoms with Crippen LogP contribution in [0.2, 0.25) is 0 Å². The van der Waals surface area contributed by atoms with E-state index in [2.05, 4.69) is 0 Å². The standard InChI is InChI=1S/C18H20N2O3S/c1-19(10-13-6-7-24-12-13)18(22)14-8-17(21)20(11-14)15-4-3-5-16(9-15)23-2/h3-7,9,12,14H,8,10-11H2,1-2H3. The first kappa shape index (κ1) is 16.5. The molecule has 1 aromatic carbocycles. The number of amides is 2. The first-order chi connectivity index (χ1) is 11.6. The monoisotopic (exact) mass is 344 g/mol. The molecule has 0 N–H and O–H groups in total. The van der Waals surface area contributed by atoms with Gasteiger partial charge in [-0.1, -0.05) is 6.07 Å². The first-order valence-electron chi connectivity index (χ1n) is 7.79. The quantitative estimate of drug-likeness (QED) is 0.838. The van der Waals surface area contributed by atoms with E-state index in [9.17, 15) is 9.59 Å². The van der Waals surface area contributed by atoms with Crippen molar-refractivity contribution in [3.05, 3.63) is 46.7 Å². The fourth-order valence-corrected chi connectivity index (χ4v) is 3.61. The van der Waals surface area contributed by atoms with E-state index in [1.54, 1.807) is 35.3 Å². The molecule has 3 rings (SSSR count). The second kappa shape index (κ2) is 7.05. The van der Waals surface area contributed by atoms with E-state index < -0.39 is 0 Å². The van der Waals surface area contributed by atoms with Gasteiger partial charge < -0.3 is 14.5 Å². The van der Waals surface area contributed by atoms with E-state index in [1.807, 2.05) is 41.1 Å². The summed E-state index contributed by atoms with van der Waals surface area (Å²) in [4.78, 5) is 28.4. The first-order valence-corrected chi connectivity index (χ1v) is 8.73. The molecule has 1 fully saturated rings. The van der Waals surface area contributed by atoms with E-state index >= 15 is 0 Å². The van der Waals surface area contributed by atoms with E-state index in [0.717, 1.165) is 11.3 Å². The number of hydrogen-bond acceptors (Lipinski definition) is 4. The average Bonchev–Trinajstić information content (AvgIpc) is 3.23. The van der Waals surface area contributed by atoms with Crippen LogP contribution < -0.4 is 9.64 Å². The van der Waals surface area contributed by atoms with Crippen LogP contribution >= 0.6 is 11.3 Å². The van der Waals surface area contributed by atoms with Gasteiger partial charge in [-0.3, -0.25) is 9.59 Å². The summed E-state index contributed by atoms with van der Waals surface area (Å²) in [6.07, 6.45) is 0.254. The van der Waals surface area contributed by atoms with Crippen LogP contribution in [0.1, 0.15) is 12.0 Å². The van der Waals surface area contributed by atoms with Crippen molar-refractivity contribution in [2.45, 2.75) is 13.0 Å². The number of carbonyl (C=O) groups is 2. The Bertz CT molecular complexity index is 730. The number of anilines is 1. The molecule has 6 heteroatoms. The predicted molar refractivity (Wildman–Crippen MR) is 94.2 cm³/mol. The summed E-state index contributed by atoms with van der Waals surface area (Å²) in [6.45, 7) is 0.991. The summed E-state index contributed by atoms with van der Waals surface area (Å²) >= 11 is 1.61. The second-order valence-electron chi connectivity index (χ2n) is 5.93. The molecule has 0 saturated carbocycles. The zero-order valence-corrected chi connectivity index (χ0v) is 14.6. The third-order valence-electron chi connectivity index (χ3n) is 4.22. The van der Waals surface area contributed by atoms with Crippen LogP contribution in [0.15, 0.2) is 41.1 Å². The van der Waals surface area contributed by atoms with Gasteiger partial charge in [0.2, 0.25) is 11.8 Å². The molecule has 1 aliphatic rings. The molecule has 1 aliphatic heterocycles. The van der Waals surface area contributed by atoms with Crippen molar-refractivity contribution in [3.8, 4) is 5.75 Å². The topological polar surface area (TPSA) is 49.9 Å². The third kappa shape index (κ3) is 3.43. The number of rotatable bonds is 5. The lowest BCUT2D eigenvalue weighted by Crippen LogP contribution is -2.34. The van der Waals surface area contributed by atoms with Gasteiger partial charge in [0.25, 0.3) is 0 Å². The molecule has 2 aromatic rings. The van der Waals surface area contributed by atoms with Crippen molar-refractivity contribution in [2.75, 3.05) is 25.6 Å².